The monoisotopic (exact) mass is 346 g/mol. The summed E-state index contributed by atoms with van der Waals surface area (Å²) in [6.45, 7) is 4.16. The lowest BCUT2D eigenvalue weighted by Gasteiger charge is -2.03. The molecule has 3 nitrogen and oxygen atoms in total. The highest BCUT2D eigenvalue weighted by molar-refractivity contribution is 7.11. The predicted octanol–water partition coefficient (Wildman–Crippen LogP) is 5.50. The molecule has 0 amide bonds. The number of rotatable bonds is 4. The highest BCUT2D eigenvalue weighted by atomic mass is 32.1. The molecule has 3 rings (SSSR count). The van der Waals surface area contributed by atoms with Gasteiger partial charge in [0, 0.05) is 10.9 Å². The fourth-order valence-corrected chi connectivity index (χ4v) is 3.42. The van der Waals surface area contributed by atoms with Crippen LogP contribution in [0, 0.1) is 25.2 Å². The lowest BCUT2D eigenvalue weighted by molar-refractivity contribution is 0.415. The van der Waals surface area contributed by atoms with E-state index in [0.29, 0.717) is 5.57 Å². The van der Waals surface area contributed by atoms with Crippen molar-refractivity contribution in [2.45, 2.75) is 13.8 Å². The summed E-state index contributed by atoms with van der Waals surface area (Å²) in [5.74, 6) is 0.794. The first-order chi connectivity index (χ1) is 12.1. The number of aryl methyl sites for hydroxylation is 2. The van der Waals surface area contributed by atoms with Crippen molar-refractivity contribution in [3.63, 3.8) is 0 Å². The number of ether oxygens (including phenoxy) is 1. The third-order valence-corrected chi connectivity index (χ3v) is 4.82. The first kappa shape index (κ1) is 16.9. The minimum Gasteiger partial charge on any atom is -0.497 e. The van der Waals surface area contributed by atoms with E-state index in [4.69, 9.17) is 4.74 Å². The van der Waals surface area contributed by atoms with Gasteiger partial charge in [-0.3, -0.25) is 0 Å². The molecule has 0 saturated carbocycles. The number of allylic oxidation sites excluding steroid dienone is 1. The molecule has 25 heavy (non-hydrogen) atoms. The zero-order valence-electron chi connectivity index (χ0n) is 14.4. The number of hydrogen-bond acceptors (Lipinski definition) is 4. The predicted molar refractivity (Wildman–Crippen MR) is 104 cm³/mol. The number of hydrogen-bond donors (Lipinski definition) is 0. The number of benzene rings is 2. The van der Waals surface area contributed by atoms with E-state index in [0.717, 1.165) is 27.6 Å². The van der Waals surface area contributed by atoms with Crippen LogP contribution in [0.3, 0.4) is 0 Å². The molecule has 1 heterocycles. The lowest BCUT2D eigenvalue weighted by atomic mass is 10.0. The fourth-order valence-electron chi connectivity index (χ4n) is 2.63. The number of nitrogens with zero attached hydrogens (tertiary/aromatic N) is 2. The molecule has 0 fully saturated rings. The highest BCUT2D eigenvalue weighted by Crippen LogP contribution is 2.29. The molecule has 1 aromatic heterocycles. The molecular formula is C21H18N2OS. The second kappa shape index (κ2) is 7.33. The molecule has 0 aliphatic carbocycles. The van der Waals surface area contributed by atoms with Gasteiger partial charge in [0.05, 0.1) is 18.4 Å². The zero-order chi connectivity index (χ0) is 17.8. The van der Waals surface area contributed by atoms with E-state index in [9.17, 15) is 5.26 Å². The van der Waals surface area contributed by atoms with Crippen LogP contribution in [-0.4, -0.2) is 12.1 Å². The molecule has 2 aromatic carbocycles. The summed E-state index contributed by atoms with van der Waals surface area (Å²) >= 11 is 1.49. The second-order valence-electron chi connectivity index (χ2n) is 5.80. The quantitative estimate of drug-likeness (QED) is 0.586. The topological polar surface area (TPSA) is 45.9 Å². The first-order valence-corrected chi connectivity index (χ1v) is 8.78. The molecular weight excluding hydrogens is 328 g/mol. The zero-order valence-corrected chi connectivity index (χ0v) is 15.2. The van der Waals surface area contributed by atoms with Gasteiger partial charge in [-0.15, -0.1) is 11.3 Å². The van der Waals surface area contributed by atoms with Gasteiger partial charge in [-0.05, 0) is 43.2 Å². The number of aromatic nitrogens is 1. The Labute approximate surface area is 151 Å². The van der Waals surface area contributed by atoms with E-state index in [-0.39, 0.29) is 0 Å². The summed E-state index contributed by atoms with van der Waals surface area (Å²) in [5.41, 5.74) is 5.94. The number of nitriles is 1. The van der Waals surface area contributed by atoms with Crippen molar-refractivity contribution in [3.8, 4) is 23.1 Å². The van der Waals surface area contributed by atoms with Gasteiger partial charge in [0.15, 0.2) is 0 Å². The lowest BCUT2D eigenvalue weighted by Crippen LogP contribution is -1.87. The maximum atomic E-state index is 9.54. The maximum Gasteiger partial charge on any atom is 0.134 e. The van der Waals surface area contributed by atoms with Crippen molar-refractivity contribution in [2.75, 3.05) is 7.11 Å². The van der Waals surface area contributed by atoms with Gasteiger partial charge < -0.3 is 4.74 Å². The minimum atomic E-state index is 0.561. The van der Waals surface area contributed by atoms with Crippen LogP contribution in [0.1, 0.15) is 21.7 Å². The summed E-state index contributed by atoms with van der Waals surface area (Å²) < 4.78 is 5.16. The Morgan fingerprint density at radius 3 is 2.56 bits per heavy atom. The number of methoxy groups -OCH3 is 1. The minimum absolute atomic E-state index is 0.561. The van der Waals surface area contributed by atoms with Gasteiger partial charge in [-0.2, -0.15) is 5.26 Å². The Morgan fingerprint density at radius 2 is 1.92 bits per heavy atom. The number of thiazole rings is 1. The fraction of sp³-hybridized carbons (Fsp3) is 0.143. The summed E-state index contributed by atoms with van der Waals surface area (Å²) in [4.78, 5) is 4.68. The smallest absolute Gasteiger partial charge is 0.134 e. The molecule has 0 aliphatic heterocycles. The van der Waals surface area contributed by atoms with Crippen molar-refractivity contribution in [1.82, 2.24) is 4.98 Å². The third-order valence-electron chi connectivity index (χ3n) is 3.94. The van der Waals surface area contributed by atoms with Crippen molar-refractivity contribution >= 4 is 23.0 Å². The van der Waals surface area contributed by atoms with Gasteiger partial charge in [0.25, 0.3) is 0 Å². The molecule has 0 radical (unpaired) electrons. The van der Waals surface area contributed by atoms with Crippen LogP contribution in [0.25, 0.3) is 22.9 Å². The van der Waals surface area contributed by atoms with Crippen LogP contribution < -0.4 is 4.74 Å². The molecule has 4 heteroatoms. The van der Waals surface area contributed by atoms with Gasteiger partial charge in [0.2, 0.25) is 0 Å². The highest BCUT2D eigenvalue weighted by Gasteiger charge is 2.11. The summed E-state index contributed by atoms with van der Waals surface area (Å²) in [5, 5.41) is 12.3. The van der Waals surface area contributed by atoms with E-state index in [1.54, 1.807) is 7.11 Å². The summed E-state index contributed by atoms with van der Waals surface area (Å²) in [6.07, 6.45) is 1.85. The van der Waals surface area contributed by atoms with Gasteiger partial charge in [-0.1, -0.05) is 35.9 Å². The van der Waals surface area contributed by atoms with Crippen molar-refractivity contribution in [1.29, 1.82) is 5.26 Å². The Kier molecular flexibility index (Phi) is 4.97. The Hall–Kier alpha value is -2.90. The molecule has 124 valence electrons. The first-order valence-electron chi connectivity index (χ1n) is 7.90. The molecule has 0 unspecified atom stereocenters. The van der Waals surface area contributed by atoms with Crippen molar-refractivity contribution < 1.29 is 4.74 Å². The van der Waals surface area contributed by atoms with Crippen LogP contribution in [0.15, 0.2) is 47.8 Å². The van der Waals surface area contributed by atoms with Gasteiger partial charge >= 0.3 is 0 Å². The second-order valence-corrected chi connectivity index (χ2v) is 6.66. The molecule has 0 atom stereocenters. The van der Waals surface area contributed by atoms with Crippen LogP contribution in [0.2, 0.25) is 0 Å². The average Bonchev–Trinajstić information content (AvgIpc) is 3.09. The Morgan fingerprint density at radius 1 is 1.16 bits per heavy atom. The van der Waals surface area contributed by atoms with Crippen LogP contribution in [-0.2, 0) is 0 Å². The largest absolute Gasteiger partial charge is 0.497 e. The van der Waals surface area contributed by atoms with Gasteiger partial charge in [0.1, 0.15) is 16.8 Å². The van der Waals surface area contributed by atoms with E-state index in [1.165, 1.54) is 22.5 Å². The summed E-state index contributed by atoms with van der Waals surface area (Å²) in [6, 6.07) is 16.2. The Balaban J connectivity index is 1.93. The van der Waals surface area contributed by atoms with Gasteiger partial charge in [-0.25, -0.2) is 4.98 Å². The SMILES string of the molecule is COc1ccc(/C=C(/C#N)c2nc(-c3ccc(C)cc3C)cs2)cc1. The maximum absolute atomic E-state index is 9.54. The van der Waals surface area contributed by atoms with Crippen LogP contribution in [0.4, 0.5) is 0 Å². The average molecular weight is 346 g/mol. The summed E-state index contributed by atoms with van der Waals surface area (Å²) in [7, 11) is 1.63. The van der Waals surface area contributed by atoms with Crippen molar-refractivity contribution in [2.24, 2.45) is 0 Å². The molecule has 0 N–H and O–H groups in total. The molecule has 0 saturated heterocycles. The standard InChI is InChI=1S/C21H18N2OS/c1-14-4-9-19(15(2)10-14)20-13-25-21(23-20)17(12-22)11-16-5-7-18(24-3)8-6-16/h4-11,13H,1-3H3/b17-11-. The van der Waals surface area contributed by atoms with Crippen LogP contribution in [0.5, 0.6) is 5.75 Å². The van der Waals surface area contributed by atoms with E-state index in [2.05, 4.69) is 43.1 Å². The molecule has 3 aromatic rings. The normalized spacial score (nSPS) is 11.2. The van der Waals surface area contributed by atoms with E-state index < -0.39 is 0 Å². The molecule has 0 spiro atoms. The molecule has 0 bridgehead atoms. The Bertz CT molecular complexity index is 962. The van der Waals surface area contributed by atoms with Crippen LogP contribution >= 0.6 is 11.3 Å². The van der Waals surface area contributed by atoms with E-state index in [1.807, 2.05) is 35.7 Å². The third kappa shape index (κ3) is 3.78. The van der Waals surface area contributed by atoms with E-state index >= 15 is 0 Å². The van der Waals surface area contributed by atoms with Crippen molar-refractivity contribution in [3.05, 3.63) is 69.5 Å². The molecule has 0 aliphatic rings.